The molecule has 0 heterocycles. The number of carbonyl (C=O) groups is 2. The van der Waals surface area contributed by atoms with Crippen molar-refractivity contribution in [1.29, 1.82) is 0 Å². The van der Waals surface area contributed by atoms with Crippen LogP contribution in [0.25, 0.3) is 0 Å². The topological polar surface area (TPSA) is 58.6 Å². The number of hydrogen-bond donors (Lipinski definition) is 1. The van der Waals surface area contributed by atoms with E-state index in [1.54, 1.807) is 23.1 Å². The molecule has 32 heavy (non-hydrogen) atoms. The average molecular weight is 479 g/mol. The lowest BCUT2D eigenvalue weighted by Crippen LogP contribution is -2.51. The standard InChI is InChI=1S/C25H32Cl2N2O3/c1-6-18(5)28-25(31)23(7-2)29(14-19-9-11-21(26)22(27)13-19)24(30)15-32-20-10-8-16(3)17(4)12-20/h8-13,18,23H,6-7,14-15H2,1-5H3,(H,28,31)/t18-,23-/m0/s1. The maximum Gasteiger partial charge on any atom is 0.261 e. The Morgan fingerprint density at radius 3 is 2.31 bits per heavy atom. The number of halogens is 2. The van der Waals surface area contributed by atoms with E-state index in [4.69, 9.17) is 27.9 Å². The van der Waals surface area contributed by atoms with Crippen molar-refractivity contribution in [1.82, 2.24) is 10.2 Å². The second-order valence-electron chi connectivity index (χ2n) is 8.05. The SMILES string of the molecule is CC[C@H](C)NC(=O)[C@H](CC)N(Cc1ccc(Cl)c(Cl)c1)C(=O)COc1ccc(C)c(C)c1. The van der Waals surface area contributed by atoms with E-state index in [-0.39, 0.29) is 31.0 Å². The van der Waals surface area contributed by atoms with Crippen molar-refractivity contribution in [2.75, 3.05) is 6.61 Å². The molecule has 0 aliphatic rings. The predicted molar refractivity (Wildman–Crippen MR) is 130 cm³/mol. The van der Waals surface area contributed by atoms with Gasteiger partial charge in [0, 0.05) is 12.6 Å². The van der Waals surface area contributed by atoms with Crippen molar-refractivity contribution in [2.45, 2.75) is 66.1 Å². The Hall–Kier alpha value is -2.24. The summed E-state index contributed by atoms with van der Waals surface area (Å²) in [4.78, 5) is 27.8. The van der Waals surface area contributed by atoms with Gasteiger partial charge in [0.15, 0.2) is 6.61 Å². The lowest BCUT2D eigenvalue weighted by Gasteiger charge is -2.31. The van der Waals surface area contributed by atoms with Crippen LogP contribution >= 0.6 is 23.2 Å². The third kappa shape index (κ3) is 7.14. The highest BCUT2D eigenvalue weighted by Crippen LogP contribution is 2.24. The van der Waals surface area contributed by atoms with E-state index in [9.17, 15) is 9.59 Å². The lowest BCUT2D eigenvalue weighted by molar-refractivity contribution is -0.143. The minimum Gasteiger partial charge on any atom is -0.484 e. The Labute approximate surface area is 201 Å². The third-order valence-electron chi connectivity index (χ3n) is 5.56. The van der Waals surface area contributed by atoms with Gasteiger partial charge in [-0.05, 0) is 74.6 Å². The minimum absolute atomic E-state index is 0.0188. The van der Waals surface area contributed by atoms with E-state index in [1.165, 1.54) is 0 Å². The quantitative estimate of drug-likeness (QED) is 0.475. The van der Waals surface area contributed by atoms with E-state index < -0.39 is 6.04 Å². The molecule has 0 unspecified atom stereocenters. The molecule has 2 aromatic rings. The van der Waals surface area contributed by atoms with Crippen LogP contribution in [-0.2, 0) is 16.1 Å². The van der Waals surface area contributed by atoms with Crippen LogP contribution in [-0.4, -0.2) is 35.4 Å². The van der Waals surface area contributed by atoms with E-state index in [0.29, 0.717) is 22.2 Å². The Balaban J connectivity index is 2.25. The van der Waals surface area contributed by atoms with Gasteiger partial charge in [-0.2, -0.15) is 0 Å². The van der Waals surface area contributed by atoms with Crippen molar-refractivity contribution in [2.24, 2.45) is 0 Å². The number of aryl methyl sites for hydroxylation is 2. The number of rotatable bonds is 10. The van der Waals surface area contributed by atoms with Crippen molar-refractivity contribution >= 4 is 35.0 Å². The first kappa shape index (κ1) is 26.0. The zero-order chi connectivity index (χ0) is 23.8. The number of nitrogens with zero attached hydrogens (tertiary/aromatic N) is 1. The van der Waals surface area contributed by atoms with Crippen LogP contribution in [0, 0.1) is 13.8 Å². The van der Waals surface area contributed by atoms with Crippen LogP contribution in [0.3, 0.4) is 0 Å². The molecule has 2 rings (SSSR count). The molecular formula is C25H32Cl2N2O3. The molecule has 0 fully saturated rings. The van der Waals surface area contributed by atoms with E-state index >= 15 is 0 Å². The zero-order valence-corrected chi connectivity index (χ0v) is 20.9. The third-order valence-corrected chi connectivity index (χ3v) is 6.30. The summed E-state index contributed by atoms with van der Waals surface area (Å²) in [5, 5.41) is 3.83. The Kier molecular flexibility index (Phi) is 9.85. The maximum absolute atomic E-state index is 13.2. The van der Waals surface area contributed by atoms with Gasteiger partial charge in [-0.15, -0.1) is 0 Å². The zero-order valence-electron chi connectivity index (χ0n) is 19.4. The molecule has 1 N–H and O–H groups in total. The van der Waals surface area contributed by atoms with Gasteiger partial charge >= 0.3 is 0 Å². The summed E-state index contributed by atoms with van der Waals surface area (Å²) in [6.45, 7) is 9.90. The molecule has 0 radical (unpaired) electrons. The summed E-state index contributed by atoms with van der Waals surface area (Å²) in [7, 11) is 0. The molecule has 0 aliphatic carbocycles. The van der Waals surface area contributed by atoms with Gasteiger partial charge in [0.05, 0.1) is 10.0 Å². The summed E-state index contributed by atoms with van der Waals surface area (Å²) < 4.78 is 5.77. The summed E-state index contributed by atoms with van der Waals surface area (Å²) in [6, 6.07) is 10.3. The van der Waals surface area contributed by atoms with Crippen LogP contribution in [0.15, 0.2) is 36.4 Å². The van der Waals surface area contributed by atoms with Crippen molar-refractivity contribution in [3.05, 3.63) is 63.1 Å². The molecule has 5 nitrogen and oxygen atoms in total. The van der Waals surface area contributed by atoms with Crippen LogP contribution in [0.4, 0.5) is 0 Å². The second-order valence-corrected chi connectivity index (χ2v) is 8.86. The lowest BCUT2D eigenvalue weighted by atomic mass is 10.1. The molecule has 0 aromatic heterocycles. The van der Waals surface area contributed by atoms with Gasteiger partial charge in [0.1, 0.15) is 11.8 Å². The van der Waals surface area contributed by atoms with Gasteiger partial charge in [0.2, 0.25) is 5.91 Å². The summed E-state index contributed by atoms with van der Waals surface area (Å²) in [5.74, 6) is 0.162. The summed E-state index contributed by atoms with van der Waals surface area (Å²) >= 11 is 12.2. The molecule has 2 atom stereocenters. The molecule has 0 bridgehead atoms. The van der Waals surface area contributed by atoms with Crippen molar-refractivity contribution in [3.8, 4) is 5.75 Å². The highest BCUT2D eigenvalue weighted by molar-refractivity contribution is 6.42. The van der Waals surface area contributed by atoms with Crippen molar-refractivity contribution < 1.29 is 14.3 Å². The fourth-order valence-corrected chi connectivity index (χ4v) is 3.55. The smallest absolute Gasteiger partial charge is 0.261 e. The maximum atomic E-state index is 13.2. The molecule has 2 aromatic carbocycles. The van der Waals surface area contributed by atoms with E-state index in [2.05, 4.69) is 5.32 Å². The Morgan fingerprint density at radius 2 is 1.72 bits per heavy atom. The fraction of sp³-hybridized carbons (Fsp3) is 0.440. The summed E-state index contributed by atoms with van der Waals surface area (Å²) in [6.07, 6.45) is 1.28. The average Bonchev–Trinajstić information content (AvgIpc) is 2.76. The van der Waals surface area contributed by atoms with Gasteiger partial charge in [-0.25, -0.2) is 0 Å². The summed E-state index contributed by atoms with van der Waals surface area (Å²) in [5.41, 5.74) is 3.02. The number of hydrogen-bond acceptors (Lipinski definition) is 3. The molecular weight excluding hydrogens is 447 g/mol. The first-order valence-corrected chi connectivity index (χ1v) is 11.7. The number of benzene rings is 2. The largest absolute Gasteiger partial charge is 0.484 e. The first-order chi connectivity index (χ1) is 15.2. The van der Waals surface area contributed by atoms with Crippen LogP contribution < -0.4 is 10.1 Å². The molecule has 0 saturated heterocycles. The molecule has 0 spiro atoms. The number of ether oxygens (including phenoxy) is 1. The Morgan fingerprint density at radius 1 is 1.00 bits per heavy atom. The van der Waals surface area contributed by atoms with E-state index in [1.807, 2.05) is 52.8 Å². The molecule has 2 amide bonds. The molecule has 0 saturated carbocycles. The van der Waals surface area contributed by atoms with E-state index in [0.717, 1.165) is 23.1 Å². The normalized spacial score (nSPS) is 12.7. The monoisotopic (exact) mass is 478 g/mol. The number of nitrogens with one attached hydrogen (secondary N) is 1. The minimum atomic E-state index is -0.630. The first-order valence-electron chi connectivity index (χ1n) is 10.9. The highest BCUT2D eigenvalue weighted by Gasteiger charge is 2.29. The highest BCUT2D eigenvalue weighted by atomic mass is 35.5. The van der Waals surface area contributed by atoms with Crippen LogP contribution in [0.2, 0.25) is 10.0 Å². The van der Waals surface area contributed by atoms with Crippen LogP contribution in [0.1, 0.15) is 50.3 Å². The van der Waals surface area contributed by atoms with Gasteiger partial charge in [0.25, 0.3) is 5.91 Å². The fourth-order valence-electron chi connectivity index (χ4n) is 3.23. The van der Waals surface area contributed by atoms with Crippen molar-refractivity contribution in [3.63, 3.8) is 0 Å². The second kappa shape index (κ2) is 12.1. The molecule has 7 heteroatoms. The molecule has 174 valence electrons. The van der Waals surface area contributed by atoms with Crippen LogP contribution in [0.5, 0.6) is 5.75 Å². The van der Waals surface area contributed by atoms with Gasteiger partial charge in [-0.1, -0.05) is 49.2 Å². The van der Waals surface area contributed by atoms with Gasteiger partial charge < -0.3 is 15.0 Å². The molecule has 0 aliphatic heterocycles. The number of amides is 2. The Bertz CT molecular complexity index is 949. The predicted octanol–water partition coefficient (Wildman–Crippen LogP) is 5.71. The number of carbonyl (C=O) groups excluding carboxylic acids is 2. The van der Waals surface area contributed by atoms with Gasteiger partial charge in [-0.3, -0.25) is 9.59 Å².